The van der Waals surface area contributed by atoms with Gasteiger partial charge in [-0.05, 0) is 25.5 Å². The second kappa shape index (κ2) is 9.60. The van der Waals surface area contributed by atoms with Gasteiger partial charge in [0.2, 0.25) is 0 Å². The standard InChI is InChI=1S/C16H26O5/c1-4-5-8-20-10-13(18)11-21-16-9-14(19-3)6-7-15(16)12(2)17/h6-7,9,12-13,17-18H,4-5,8,10-11H2,1-3H3. The van der Waals surface area contributed by atoms with Gasteiger partial charge in [-0.1, -0.05) is 13.3 Å². The van der Waals surface area contributed by atoms with Crippen molar-refractivity contribution in [2.75, 3.05) is 26.9 Å². The first-order chi connectivity index (χ1) is 10.1. The Morgan fingerprint density at radius 3 is 2.57 bits per heavy atom. The van der Waals surface area contributed by atoms with Crippen LogP contribution in [-0.4, -0.2) is 43.2 Å². The van der Waals surface area contributed by atoms with E-state index in [4.69, 9.17) is 14.2 Å². The van der Waals surface area contributed by atoms with E-state index in [9.17, 15) is 10.2 Å². The van der Waals surface area contributed by atoms with Crippen molar-refractivity contribution in [3.05, 3.63) is 23.8 Å². The quantitative estimate of drug-likeness (QED) is 0.649. The zero-order valence-corrected chi connectivity index (χ0v) is 13.0. The normalized spacial score (nSPS) is 13.8. The third-order valence-corrected chi connectivity index (χ3v) is 3.05. The van der Waals surface area contributed by atoms with Gasteiger partial charge in [-0.25, -0.2) is 0 Å². The molecule has 0 aliphatic rings. The Hall–Kier alpha value is -1.30. The molecule has 0 aliphatic heterocycles. The van der Waals surface area contributed by atoms with Crippen molar-refractivity contribution in [1.29, 1.82) is 0 Å². The minimum Gasteiger partial charge on any atom is -0.497 e. The van der Waals surface area contributed by atoms with Gasteiger partial charge >= 0.3 is 0 Å². The van der Waals surface area contributed by atoms with Crippen LogP contribution in [0.25, 0.3) is 0 Å². The Labute approximate surface area is 126 Å². The molecule has 1 aromatic rings. The lowest BCUT2D eigenvalue weighted by molar-refractivity contribution is 0.0107. The van der Waals surface area contributed by atoms with Crippen molar-refractivity contribution >= 4 is 0 Å². The van der Waals surface area contributed by atoms with Crippen LogP contribution in [0.4, 0.5) is 0 Å². The van der Waals surface area contributed by atoms with Crippen LogP contribution in [0.1, 0.15) is 38.4 Å². The predicted octanol–water partition coefficient (Wildman–Crippen LogP) is 2.30. The van der Waals surface area contributed by atoms with Crippen molar-refractivity contribution in [2.45, 2.75) is 38.9 Å². The maximum absolute atomic E-state index is 9.82. The summed E-state index contributed by atoms with van der Waals surface area (Å²) in [6.07, 6.45) is 0.697. The summed E-state index contributed by atoms with van der Waals surface area (Å²) in [5.41, 5.74) is 0.662. The molecule has 120 valence electrons. The molecule has 0 aromatic heterocycles. The third kappa shape index (κ3) is 6.33. The number of aliphatic hydroxyl groups is 2. The number of hydrogen-bond donors (Lipinski definition) is 2. The fourth-order valence-corrected chi connectivity index (χ4v) is 1.81. The molecule has 1 rings (SSSR count). The predicted molar refractivity (Wildman–Crippen MR) is 80.9 cm³/mol. The van der Waals surface area contributed by atoms with E-state index in [1.165, 1.54) is 0 Å². The Morgan fingerprint density at radius 1 is 1.19 bits per heavy atom. The van der Waals surface area contributed by atoms with E-state index in [0.29, 0.717) is 23.7 Å². The van der Waals surface area contributed by atoms with Crippen molar-refractivity contribution in [2.24, 2.45) is 0 Å². The number of rotatable bonds is 10. The van der Waals surface area contributed by atoms with E-state index in [-0.39, 0.29) is 13.2 Å². The lowest BCUT2D eigenvalue weighted by atomic mass is 10.1. The van der Waals surface area contributed by atoms with Gasteiger partial charge in [0.1, 0.15) is 24.2 Å². The summed E-state index contributed by atoms with van der Waals surface area (Å²) in [5, 5.41) is 19.5. The molecule has 0 heterocycles. The summed E-state index contributed by atoms with van der Waals surface area (Å²) in [6, 6.07) is 5.22. The average Bonchev–Trinajstić information content (AvgIpc) is 2.49. The van der Waals surface area contributed by atoms with Gasteiger partial charge in [0.25, 0.3) is 0 Å². The summed E-state index contributed by atoms with van der Waals surface area (Å²) >= 11 is 0. The fraction of sp³-hybridized carbons (Fsp3) is 0.625. The molecular weight excluding hydrogens is 272 g/mol. The summed E-state index contributed by atoms with van der Waals surface area (Å²) < 4.78 is 16.1. The van der Waals surface area contributed by atoms with Crippen LogP contribution in [0.3, 0.4) is 0 Å². The number of methoxy groups -OCH3 is 1. The van der Waals surface area contributed by atoms with Crippen LogP contribution in [-0.2, 0) is 4.74 Å². The highest BCUT2D eigenvalue weighted by Gasteiger charge is 2.13. The minimum absolute atomic E-state index is 0.110. The van der Waals surface area contributed by atoms with Crippen LogP contribution in [0.2, 0.25) is 0 Å². The number of aliphatic hydroxyl groups excluding tert-OH is 2. The molecule has 0 bridgehead atoms. The van der Waals surface area contributed by atoms with Crippen LogP contribution in [0, 0.1) is 0 Å². The van der Waals surface area contributed by atoms with E-state index >= 15 is 0 Å². The minimum atomic E-state index is -0.699. The van der Waals surface area contributed by atoms with E-state index in [1.807, 2.05) is 0 Å². The summed E-state index contributed by atoms with van der Waals surface area (Å²) in [7, 11) is 1.57. The number of ether oxygens (including phenoxy) is 3. The van der Waals surface area contributed by atoms with Crippen molar-refractivity contribution in [3.63, 3.8) is 0 Å². The molecule has 21 heavy (non-hydrogen) atoms. The molecule has 5 heteroatoms. The molecule has 2 unspecified atom stereocenters. The first-order valence-corrected chi connectivity index (χ1v) is 7.33. The van der Waals surface area contributed by atoms with Gasteiger partial charge in [0.05, 0.1) is 19.8 Å². The molecule has 0 saturated carbocycles. The van der Waals surface area contributed by atoms with Gasteiger partial charge in [-0.3, -0.25) is 0 Å². The number of unbranched alkanes of at least 4 members (excludes halogenated alkanes) is 1. The Kier molecular flexibility index (Phi) is 8.12. The monoisotopic (exact) mass is 298 g/mol. The zero-order chi connectivity index (χ0) is 15.7. The van der Waals surface area contributed by atoms with E-state index < -0.39 is 12.2 Å². The molecule has 0 fully saturated rings. The largest absolute Gasteiger partial charge is 0.497 e. The highest BCUT2D eigenvalue weighted by Crippen LogP contribution is 2.29. The second-order valence-electron chi connectivity index (χ2n) is 4.97. The van der Waals surface area contributed by atoms with Gasteiger partial charge in [-0.15, -0.1) is 0 Å². The highest BCUT2D eigenvalue weighted by molar-refractivity contribution is 5.41. The summed E-state index contributed by atoms with van der Waals surface area (Å²) in [5.74, 6) is 1.15. The lowest BCUT2D eigenvalue weighted by Gasteiger charge is -2.17. The van der Waals surface area contributed by atoms with Gasteiger partial charge in [0.15, 0.2) is 0 Å². The Morgan fingerprint density at radius 2 is 1.95 bits per heavy atom. The van der Waals surface area contributed by atoms with Crippen molar-refractivity contribution < 1.29 is 24.4 Å². The van der Waals surface area contributed by atoms with Crippen molar-refractivity contribution in [3.8, 4) is 11.5 Å². The lowest BCUT2D eigenvalue weighted by Crippen LogP contribution is -2.24. The SMILES string of the molecule is CCCCOCC(O)COc1cc(OC)ccc1C(C)O. The van der Waals surface area contributed by atoms with E-state index in [2.05, 4.69) is 6.92 Å². The Bertz CT molecular complexity index is 406. The molecular formula is C16H26O5. The van der Waals surface area contributed by atoms with Crippen molar-refractivity contribution in [1.82, 2.24) is 0 Å². The van der Waals surface area contributed by atoms with E-state index in [1.54, 1.807) is 32.2 Å². The highest BCUT2D eigenvalue weighted by atomic mass is 16.5. The van der Waals surface area contributed by atoms with Gasteiger partial charge in [-0.2, -0.15) is 0 Å². The molecule has 2 atom stereocenters. The van der Waals surface area contributed by atoms with Gasteiger partial charge < -0.3 is 24.4 Å². The number of hydrogen-bond acceptors (Lipinski definition) is 5. The first kappa shape index (κ1) is 17.8. The number of benzene rings is 1. The van der Waals surface area contributed by atoms with E-state index in [0.717, 1.165) is 12.8 Å². The molecule has 0 aliphatic carbocycles. The molecule has 2 N–H and O–H groups in total. The maximum atomic E-state index is 9.82. The smallest absolute Gasteiger partial charge is 0.128 e. The topological polar surface area (TPSA) is 68.2 Å². The first-order valence-electron chi connectivity index (χ1n) is 7.33. The Balaban J connectivity index is 2.52. The maximum Gasteiger partial charge on any atom is 0.128 e. The molecule has 0 saturated heterocycles. The summed E-state index contributed by atoms with van der Waals surface area (Å²) in [4.78, 5) is 0. The average molecular weight is 298 g/mol. The fourth-order valence-electron chi connectivity index (χ4n) is 1.81. The molecule has 0 radical (unpaired) electrons. The second-order valence-corrected chi connectivity index (χ2v) is 4.97. The van der Waals surface area contributed by atoms with Crippen LogP contribution >= 0.6 is 0 Å². The molecule has 5 nitrogen and oxygen atoms in total. The summed E-state index contributed by atoms with van der Waals surface area (Å²) in [6.45, 7) is 4.75. The van der Waals surface area contributed by atoms with Crippen LogP contribution < -0.4 is 9.47 Å². The molecule has 1 aromatic carbocycles. The molecule has 0 spiro atoms. The third-order valence-electron chi connectivity index (χ3n) is 3.05. The van der Waals surface area contributed by atoms with Crippen LogP contribution in [0.5, 0.6) is 11.5 Å². The van der Waals surface area contributed by atoms with Gasteiger partial charge in [0, 0.05) is 18.2 Å². The zero-order valence-electron chi connectivity index (χ0n) is 13.0. The molecule has 0 amide bonds. The van der Waals surface area contributed by atoms with Crippen LogP contribution in [0.15, 0.2) is 18.2 Å².